The van der Waals surface area contributed by atoms with Crippen molar-refractivity contribution in [2.75, 3.05) is 6.61 Å². The molecule has 0 bridgehead atoms. The number of nitro groups is 1. The van der Waals surface area contributed by atoms with Gasteiger partial charge >= 0.3 is 5.97 Å². The Morgan fingerprint density at radius 1 is 1.26 bits per heavy atom. The number of nitrogens with zero attached hydrogens (tertiary/aromatic N) is 1. The zero-order chi connectivity index (χ0) is 16.6. The van der Waals surface area contributed by atoms with E-state index in [4.69, 9.17) is 4.74 Å². The second-order valence-electron chi connectivity index (χ2n) is 4.77. The highest BCUT2D eigenvalue weighted by Crippen LogP contribution is 2.30. The Morgan fingerprint density at radius 2 is 2.00 bits per heavy atom. The van der Waals surface area contributed by atoms with Crippen molar-refractivity contribution in [2.24, 2.45) is 0 Å². The summed E-state index contributed by atoms with van der Waals surface area (Å²) in [5.74, 6) is -0.735. The van der Waals surface area contributed by atoms with Crippen molar-refractivity contribution in [1.29, 1.82) is 0 Å². The maximum absolute atomic E-state index is 12.7. The molecule has 0 fully saturated rings. The number of benzene rings is 2. The third-order valence-electron chi connectivity index (χ3n) is 3.37. The molecule has 0 unspecified atom stereocenters. The Balaban J connectivity index is 2.47. The molecule has 2 aromatic carbocycles. The lowest BCUT2D eigenvalue weighted by Crippen LogP contribution is -2.11. The molecule has 1 heterocycles. The Bertz CT molecular complexity index is 1010. The average Bonchev–Trinajstić information content (AvgIpc) is 2.54. The van der Waals surface area contributed by atoms with Crippen LogP contribution in [-0.2, 0) is 4.74 Å². The summed E-state index contributed by atoms with van der Waals surface area (Å²) in [5.41, 5.74) is -0.637. The van der Waals surface area contributed by atoms with Crippen LogP contribution in [0.5, 0.6) is 0 Å². The third-order valence-corrected chi connectivity index (χ3v) is 4.49. The molecule has 7 heteroatoms. The fourth-order valence-electron chi connectivity index (χ4n) is 2.39. The largest absolute Gasteiger partial charge is 0.462 e. The Labute approximate surface area is 134 Å². The van der Waals surface area contributed by atoms with Crippen LogP contribution in [0.2, 0.25) is 0 Å². The van der Waals surface area contributed by atoms with Gasteiger partial charge in [0, 0.05) is 26.9 Å². The standard InChI is InChI=1S/C16H11NO5S/c1-2-22-16(19)11-7-9(17(20)21)8-13-14(11)15(18)10-5-3-4-6-12(10)23-13/h3-8H,2H2,1H3. The molecule has 116 valence electrons. The summed E-state index contributed by atoms with van der Waals surface area (Å²) in [7, 11) is 0. The van der Waals surface area contributed by atoms with Gasteiger partial charge in [0.1, 0.15) is 0 Å². The van der Waals surface area contributed by atoms with Gasteiger partial charge in [-0.05, 0) is 19.1 Å². The molecule has 23 heavy (non-hydrogen) atoms. The van der Waals surface area contributed by atoms with E-state index >= 15 is 0 Å². The lowest BCUT2D eigenvalue weighted by molar-refractivity contribution is -0.384. The second-order valence-corrected chi connectivity index (χ2v) is 5.86. The van der Waals surface area contributed by atoms with Crippen LogP contribution in [-0.4, -0.2) is 17.5 Å². The predicted molar refractivity (Wildman–Crippen MR) is 88.2 cm³/mol. The van der Waals surface area contributed by atoms with E-state index in [1.807, 2.05) is 0 Å². The molecule has 6 nitrogen and oxygen atoms in total. The van der Waals surface area contributed by atoms with Crippen molar-refractivity contribution in [3.8, 4) is 0 Å². The number of nitro benzene ring substituents is 1. The molecule has 0 saturated heterocycles. The molecule has 0 amide bonds. The molecule has 0 spiro atoms. The molecule has 0 aliphatic carbocycles. The summed E-state index contributed by atoms with van der Waals surface area (Å²) < 4.78 is 6.05. The first kappa shape index (κ1) is 15.1. The van der Waals surface area contributed by atoms with Crippen LogP contribution in [0.4, 0.5) is 5.69 Å². The zero-order valence-electron chi connectivity index (χ0n) is 12.1. The van der Waals surface area contributed by atoms with E-state index in [9.17, 15) is 19.7 Å². The van der Waals surface area contributed by atoms with E-state index in [2.05, 4.69) is 0 Å². The van der Waals surface area contributed by atoms with Crippen molar-refractivity contribution in [3.63, 3.8) is 0 Å². The van der Waals surface area contributed by atoms with E-state index in [0.717, 1.165) is 6.07 Å². The fraction of sp³-hybridized carbons (Fsp3) is 0.125. The lowest BCUT2D eigenvalue weighted by atomic mass is 10.1. The molecule has 3 aromatic rings. The maximum atomic E-state index is 12.7. The van der Waals surface area contributed by atoms with Gasteiger partial charge in [0.05, 0.1) is 22.5 Å². The summed E-state index contributed by atoms with van der Waals surface area (Å²) in [6.07, 6.45) is 0. The third kappa shape index (κ3) is 2.55. The molecule has 3 rings (SSSR count). The van der Waals surface area contributed by atoms with Crippen molar-refractivity contribution < 1.29 is 14.5 Å². The number of esters is 1. The number of carbonyl (C=O) groups excluding carboxylic acids is 1. The van der Waals surface area contributed by atoms with Crippen LogP contribution in [0.3, 0.4) is 0 Å². The van der Waals surface area contributed by atoms with Crippen molar-refractivity contribution in [1.82, 2.24) is 0 Å². The minimum absolute atomic E-state index is 0.0666. The Hall–Kier alpha value is -2.80. The maximum Gasteiger partial charge on any atom is 0.339 e. The summed E-state index contributed by atoms with van der Waals surface area (Å²) in [6, 6.07) is 9.37. The van der Waals surface area contributed by atoms with Crippen molar-refractivity contribution >= 4 is 43.2 Å². The first-order chi connectivity index (χ1) is 11.0. The monoisotopic (exact) mass is 329 g/mol. The molecule has 0 aliphatic rings. The van der Waals surface area contributed by atoms with E-state index < -0.39 is 10.9 Å². The Kier molecular flexibility index (Phi) is 3.79. The number of ether oxygens (including phenoxy) is 1. The van der Waals surface area contributed by atoms with Gasteiger partial charge in [-0.3, -0.25) is 14.9 Å². The highest BCUT2D eigenvalue weighted by molar-refractivity contribution is 7.24. The molecule has 0 atom stereocenters. The highest BCUT2D eigenvalue weighted by atomic mass is 32.1. The number of carbonyl (C=O) groups is 1. The van der Waals surface area contributed by atoms with Crippen molar-refractivity contribution in [3.05, 3.63) is 62.3 Å². The summed E-state index contributed by atoms with van der Waals surface area (Å²) in [5, 5.41) is 11.7. The second kappa shape index (κ2) is 5.77. The van der Waals surface area contributed by atoms with Crippen molar-refractivity contribution in [2.45, 2.75) is 6.92 Å². The molecular formula is C16H11NO5S. The van der Waals surface area contributed by atoms with Gasteiger partial charge in [-0.2, -0.15) is 0 Å². The van der Waals surface area contributed by atoms with Gasteiger partial charge in [0.25, 0.3) is 5.69 Å². The summed E-state index contributed by atoms with van der Waals surface area (Å²) in [6.45, 7) is 1.75. The van der Waals surface area contributed by atoms with Crippen LogP contribution in [0.15, 0.2) is 41.2 Å². The van der Waals surface area contributed by atoms with Crippen LogP contribution in [0.1, 0.15) is 17.3 Å². The Morgan fingerprint density at radius 3 is 2.70 bits per heavy atom. The normalized spacial score (nSPS) is 10.8. The van der Waals surface area contributed by atoms with Gasteiger partial charge in [-0.25, -0.2) is 4.79 Å². The molecule has 0 radical (unpaired) electrons. The van der Waals surface area contributed by atoms with E-state index in [0.29, 0.717) is 14.8 Å². The number of non-ortho nitro benzene ring substituents is 1. The summed E-state index contributed by atoms with van der Waals surface area (Å²) >= 11 is 1.23. The van der Waals surface area contributed by atoms with Crippen LogP contribution < -0.4 is 5.43 Å². The van der Waals surface area contributed by atoms with Gasteiger partial charge < -0.3 is 4.74 Å². The number of rotatable bonds is 3. The number of hydrogen-bond acceptors (Lipinski definition) is 6. The summed E-state index contributed by atoms with van der Waals surface area (Å²) in [4.78, 5) is 35.4. The number of hydrogen-bond donors (Lipinski definition) is 0. The van der Waals surface area contributed by atoms with Gasteiger partial charge in [-0.15, -0.1) is 11.3 Å². The predicted octanol–water partition coefficient (Wildman–Crippen LogP) is 3.50. The highest BCUT2D eigenvalue weighted by Gasteiger charge is 2.21. The number of fused-ring (bicyclic) bond motifs is 2. The topological polar surface area (TPSA) is 86.5 Å². The van der Waals surface area contributed by atoms with Crippen LogP contribution in [0.25, 0.3) is 20.2 Å². The van der Waals surface area contributed by atoms with E-state index in [1.165, 1.54) is 17.4 Å². The minimum Gasteiger partial charge on any atom is -0.462 e. The lowest BCUT2D eigenvalue weighted by Gasteiger charge is -2.07. The van der Waals surface area contributed by atoms with Gasteiger partial charge in [0.15, 0.2) is 5.43 Å². The SMILES string of the molecule is CCOC(=O)c1cc([N+](=O)[O-])cc2sc3ccccc3c(=O)c12. The van der Waals surface area contributed by atoms with Gasteiger partial charge in [-0.1, -0.05) is 12.1 Å². The zero-order valence-corrected chi connectivity index (χ0v) is 12.9. The van der Waals surface area contributed by atoms with E-state index in [1.54, 1.807) is 31.2 Å². The molecule has 0 N–H and O–H groups in total. The first-order valence-electron chi connectivity index (χ1n) is 6.84. The van der Waals surface area contributed by atoms with Crippen LogP contribution >= 0.6 is 11.3 Å². The van der Waals surface area contributed by atoms with E-state index in [-0.39, 0.29) is 28.7 Å². The molecular weight excluding hydrogens is 318 g/mol. The molecule has 0 saturated carbocycles. The first-order valence-corrected chi connectivity index (χ1v) is 7.65. The molecule has 1 aromatic heterocycles. The molecule has 0 aliphatic heterocycles. The fourth-order valence-corrected chi connectivity index (χ4v) is 3.53. The quantitative estimate of drug-likeness (QED) is 0.318. The van der Waals surface area contributed by atoms with Crippen LogP contribution in [0, 0.1) is 10.1 Å². The van der Waals surface area contributed by atoms with Gasteiger partial charge in [0.2, 0.25) is 0 Å². The smallest absolute Gasteiger partial charge is 0.339 e. The average molecular weight is 329 g/mol. The minimum atomic E-state index is -0.735.